The Morgan fingerprint density at radius 3 is 2.26 bits per heavy atom. The first-order valence-electron chi connectivity index (χ1n) is 10.7. The molecule has 3 N–H and O–H groups in total. The van der Waals surface area contributed by atoms with Gasteiger partial charge in [-0.05, 0) is 61.5 Å². The van der Waals surface area contributed by atoms with Crippen molar-refractivity contribution in [3.05, 3.63) is 90.1 Å². The second kappa shape index (κ2) is 10.6. The zero-order valence-electron chi connectivity index (χ0n) is 18.6. The Morgan fingerprint density at radius 1 is 0.941 bits per heavy atom. The summed E-state index contributed by atoms with van der Waals surface area (Å²) in [7, 11) is -3.65. The van der Waals surface area contributed by atoms with E-state index in [9.17, 15) is 8.42 Å². The van der Waals surface area contributed by atoms with Crippen LogP contribution in [-0.4, -0.2) is 31.9 Å². The van der Waals surface area contributed by atoms with Gasteiger partial charge in [0.1, 0.15) is 0 Å². The van der Waals surface area contributed by atoms with Crippen molar-refractivity contribution in [2.24, 2.45) is 0 Å². The van der Waals surface area contributed by atoms with Crippen molar-refractivity contribution in [3.8, 4) is 11.5 Å². The van der Waals surface area contributed by atoms with Crippen molar-refractivity contribution in [1.82, 2.24) is 15.0 Å². The molecule has 9 heteroatoms. The molecule has 0 aliphatic carbocycles. The van der Waals surface area contributed by atoms with Crippen molar-refractivity contribution < 1.29 is 17.9 Å². The Balaban J connectivity index is 0.000000252. The molecule has 4 aromatic rings. The number of hydrogen-bond acceptors (Lipinski definition) is 5. The molecule has 1 aromatic heterocycles. The zero-order chi connectivity index (χ0) is 24.0. The van der Waals surface area contributed by atoms with Gasteiger partial charge in [0.2, 0.25) is 6.79 Å². The minimum absolute atomic E-state index is 0.0985. The fraction of sp³-hybridized carbons (Fsp3) is 0.160. The van der Waals surface area contributed by atoms with Crippen LogP contribution in [0.2, 0.25) is 0 Å². The van der Waals surface area contributed by atoms with Gasteiger partial charge in [-0.3, -0.25) is 4.72 Å². The molecule has 0 amide bonds. The molecule has 0 saturated carbocycles. The van der Waals surface area contributed by atoms with Gasteiger partial charge in [-0.25, -0.2) is 8.42 Å². The monoisotopic (exact) mass is 495 g/mol. The molecular formula is C25H25N3O4S2. The van der Waals surface area contributed by atoms with E-state index >= 15 is 0 Å². The number of benzene rings is 3. The van der Waals surface area contributed by atoms with Gasteiger partial charge >= 0.3 is 0 Å². The highest BCUT2D eigenvalue weighted by Crippen LogP contribution is 2.30. The minimum Gasteiger partial charge on any atom is -0.454 e. The number of sulfonamides is 1. The Labute approximate surface area is 204 Å². The number of aromatic amines is 1. The van der Waals surface area contributed by atoms with Crippen molar-refractivity contribution in [1.29, 1.82) is 0 Å². The number of hydrogen-bond donors (Lipinski definition) is 3. The van der Waals surface area contributed by atoms with E-state index in [0.29, 0.717) is 13.3 Å². The highest BCUT2D eigenvalue weighted by atomic mass is 32.2. The average Bonchev–Trinajstić information content (AvgIpc) is 3.44. The highest BCUT2D eigenvalue weighted by Gasteiger charge is 2.15. The Morgan fingerprint density at radius 2 is 1.56 bits per heavy atom. The highest BCUT2D eigenvalue weighted by molar-refractivity contribution is 7.91. The summed E-state index contributed by atoms with van der Waals surface area (Å²) < 4.78 is 37.0. The standard InChI is InChI=1S/C18H19N3O2S2.C7H6O2/c1-13-15(16-9-5-6-10-17(16)20-13)11-12-19-18(24)21-25(22,23)14-7-3-2-4-8-14;1-2-4-7-6(3-1)8-5-9-7/h2-10,20H,11-12H2,1H3,(H2,19,21,24);1-4H,5H2. The average molecular weight is 496 g/mol. The predicted octanol–water partition coefficient (Wildman–Crippen LogP) is 4.29. The summed E-state index contributed by atoms with van der Waals surface area (Å²) in [6.45, 7) is 2.93. The Bertz CT molecular complexity index is 1360. The van der Waals surface area contributed by atoms with Gasteiger partial charge in [0.25, 0.3) is 10.0 Å². The first-order valence-corrected chi connectivity index (χ1v) is 12.6. The molecule has 0 unspecified atom stereocenters. The van der Waals surface area contributed by atoms with Crippen LogP contribution in [0.4, 0.5) is 0 Å². The summed E-state index contributed by atoms with van der Waals surface area (Å²) in [4.78, 5) is 3.54. The lowest BCUT2D eigenvalue weighted by atomic mass is 10.1. The van der Waals surface area contributed by atoms with E-state index in [1.165, 1.54) is 23.1 Å². The third kappa shape index (κ3) is 5.67. The lowest BCUT2D eigenvalue weighted by Gasteiger charge is -2.11. The van der Waals surface area contributed by atoms with Crippen LogP contribution >= 0.6 is 12.2 Å². The topological polar surface area (TPSA) is 92.5 Å². The normalized spacial score (nSPS) is 12.0. The summed E-state index contributed by atoms with van der Waals surface area (Å²) in [5, 5.41) is 4.24. The van der Waals surface area contributed by atoms with Crippen LogP contribution in [0.15, 0.2) is 83.8 Å². The molecule has 2 heterocycles. The van der Waals surface area contributed by atoms with Gasteiger partial charge in [-0.1, -0.05) is 48.5 Å². The molecule has 0 fully saturated rings. The second-order valence-corrected chi connectivity index (χ2v) is 9.64. The number of nitrogens with one attached hydrogen (secondary N) is 3. The molecule has 0 saturated heterocycles. The van der Waals surface area contributed by atoms with Gasteiger partial charge < -0.3 is 19.8 Å². The van der Waals surface area contributed by atoms with E-state index < -0.39 is 10.0 Å². The zero-order valence-corrected chi connectivity index (χ0v) is 20.2. The van der Waals surface area contributed by atoms with Crippen LogP contribution in [0, 0.1) is 6.92 Å². The van der Waals surface area contributed by atoms with Gasteiger partial charge in [0.05, 0.1) is 4.90 Å². The van der Waals surface area contributed by atoms with E-state index in [0.717, 1.165) is 29.1 Å². The number of para-hydroxylation sites is 3. The maximum Gasteiger partial charge on any atom is 0.263 e. The third-order valence-electron chi connectivity index (χ3n) is 5.25. The summed E-state index contributed by atoms with van der Waals surface area (Å²) in [6, 6.07) is 23.9. The van der Waals surface area contributed by atoms with Crippen LogP contribution in [0.5, 0.6) is 11.5 Å². The van der Waals surface area contributed by atoms with Gasteiger partial charge in [-0.15, -0.1) is 0 Å². The second-order valence-electron chi connectivity index (χ2n) is 7.55. The summed E-state index contributed by atoms with van der Waals surface area (Å²) >= 11 is 5.12. The van der Waals surface area contributed by atoms with Crippen molar-refractivity contribution in [3.63, 3.8) is 0 Å². The van der Waals surface area contributed by atoms with Crippen LogP contribution in [0.1, 0.15) is 11.3 Å². The van der Waals surface area contributed by atoms with Crippen LogP contribution < -0.4 is 19.5 Å². The number of ether oxygens (including phenoxy) is 2. The fourth-order valence-electron chi connectivity index (χ4n) is 3.62. The maximum absolute atomic E-state index is 12.2. The van der Waals surface area contributed by atoms with Gasteiger partial charge in [0, 0.05) is 23.1 Å². The number of aryl methyl sites for hydroxylation is 1. The first kappa shape index (κ1) is 23.6. The first-order chi connectivity index (χ1) is 16.4. The number of rotatable bonds is 5. The van der Waals surface area contributed by atoms with E-state index in [-0.39, 0.29) is 10.0 Å². The van der Waals surface area contributed by atoms with Crippen molar-refractivity contribution in [2.75, 3.05) is 13.3 Å². The van der Waals surface area contributed by atoms with E-state index in [2.05, 4.69) is 21.1 Å². The number of thiocarbonyl (C=S) groups is 1. The predicted molar refractivity (Wildman–Crippen MR) is 137 cm³/mol. The summed E-state index contributed by atoms with van der Waals surface area (Å²) in [6.07, 6.45) is 0.739. The molecule has 0 radical (unpaired) electrons. The Hall–Kier alpha value is -3.56. The molecule has 0 bridgehead atoms. The van der Waals surface area contributed by atoms with E-state index in [1.807, 2.05) is 49.4 Å². The maximum atomic E-state index is 12.2. The van der Waals surface area contributed by atoms with E-state index in [1.54, 1.807) is 18.2 Å². The molecule has 3 aromatic carbocycles. The Kier molecular flexibility index (Phi) is 7.34. The smallest absolute Gasteiger partial charge is 0.263 e. The van der Waals surface area contributed by atoms with Gasteiger partial charge in [-0.2, -0.15) is 0 Å². The van der Waals surface area contributed by atoms with Crippen LogP contribution in [0.3, 0.4) is 0 Å². The molecule has 34 heavy (non-hydrogen) atoms. The summed E-state index contributed by atoms with van der Waals surface area (Å²) in [5.41, 5.74) is 3.41. The molecule has 1 aliphatic heterocycles. The number of aromatic nitrogens is 1. The van der Waals surface area contributed by atoms with E-state index in [4.69, 9.17) is 21.7 Å². The molecule has 7 nitrogen and oxygen atoms in total. The molecule has 5 rings (SSSR count). The lowest BCUT2D eigenvalue weighted by molar-refractivity contribution is 0.174. The van der Waals surface area contributed by atoms with Gasteiger partial charge in [0.15, 0.2) is 16.6 Å². The van der Waals surface area contributed by atoms with Crippen LogP contribution in [-0.2, 0) is 16.4 Å². The quantitative estimate of drug-likeness (QED) is 0.358. The summed E-state index contributed by atoms with van der Waals surface area (Å²) in [5.74, 6) is 1.69. The SMILES string of the molecule is Cc1[nH]c2ccccc2c1CCNC(=S)NS(=O)(=O)c1ccccc1.c1ccc2c(c1)OCO2. The number of H-pyrrole nitrogens is 1. The molecule has 1 aliphatic rings. The molecular weight excluding hydrogens is 470 g/mol. The molecule has 0 atom stereocenters. The number of fused-ring (bicyclic) bond motifs is 2. The largest absolute Gasteiger partial charge is 0.454 e. The minimum atomic E-state index is -3.65. The molecule has 0 spiro atoms. The third-order valence-corrected chi connectivity index (χ3v) is 6.99. The van der Waals surface area contributed by atoms with Crippen molar-refractivity contribution >= 4 is 38.3 Å². The molecule has 176 valence electrons. The fourth-order valence-corrected chi connectivity index (χ4v) is 5.00. The van der Waals surface area contributed by atoms with Crippen LogP contribution in [0.25, 0.3) is 10.9 Å². The van der Waals surface area contributed by atoms with Crippen molar-refractivity contribution in [2.45, 2.75) is 18.2 Å². The lowest BCUT2D eigenvalue weighted by Crippen LogP contribution is -2.40.